The molecule has 0 N–H and O–H groups in total. The molecule has 1 aliphatic rings. The van der Waals surface area contributed by atoms with Crippen LogP contribution in [0.5, 0.6) is 0 Å². The lowest BCUT2D eigenvalue weighted by Crippen LogP contribution is -2.29. The predicted octanol–water partition coefficient (Wildman–Crippen LogP) is 5.73. The van der Waals surface area contributed by atoms with Gasteiger partial charge in [-0.25, -0.2) is 4.98 Å². The van der Waals surface area contributed by atoms with Crippen molar-refractivity contribution in [2.24, 2.45) is 5.41 Å². The molecule has 0 spiro atoms. The van der Waals surface area contributed by atoms with Crippen LogP contribution in [0.2, 0.25) is 0 Å². The molecule has 1 fully saturated rings. The Bertz CT molecular complexity index is 902. The summed E-state index contributed by atoms with van der Waals surface area (Å²) in [5.74, 6) is 0. The quantitative estimate of drug-likeness (QED) is 0.550. The Balaban J connectivity index is 1.51. The maximum absolute atomic E-state index is 12.7. The highest BCUT2D eigenvalue weighted by molar-refractivity contribution is 7.53. The van der Waals surface area contributed by atoms with E-state index in [1.165, 1.54) is 4.70 Å². The van der Waals surface area contributed by atoms with Crippen LogP contribution in [-0.2, 0) is 19.8 Å². The van der Waals surface area contributed by atoms with Gasteiger partial charge in [0.25, 0.3) is 0 Å². The Morgan fingerprint density at radius 2 is 1.76 bits per heavy atom. The zero-order valence-corrected chi connectivity index (χ0v) is 16.0. The molecular formula is C19H20NO3PS. The van der Waals surface area contributed by atoms with Crippen molar-refractivity contribution in [3.05, 3.63) is 54.1 Å². The van der Waals surface area contributed by atoms with Crippen LogP contribution in [-0.4, -0.2) is 18.2 Å². The number of hydrogen-bond acceptors (Lipinski definition) is 5. The fourth-order valence-corrected chi connectivity index (χ4v) is 5.67. The first kappa shape index (κ1) is 16.9. The highest BCUT2D eigenvalue weighted by Crippen LogP contribution is 2.56. The fourth-order valence-electron chi connectivity index (χ4n) is 2.69. The van der Waals surface area contributed by atoms with Crippen molar-refractivity contribution in [3.8, 4) is 10.6 Å². The molecule has 0 atom stereocenters. The largest absolute Gasteiger partial charge is 0.335 e. The number of benzene rings is 2. The zero-order valence-electron chi connectivity index (χ0n) is 14.3. The number of hydrogen-bond donors (Lipinski definition) is 0. The van der Waals surface area contributed by atoms with Gasteiger partial charge >= 0.3 is 7.60 Å². The highest BCUT2D eigenvalue weighted by Gasteiger charge is 2.36. The molecular weight excluding hydrogens is 353 g/mol. The molecule has 3 aromatic rings. The smallest absolute Gasteiger partial charge is 0.308 e. The molecule has 0 saturated carbocycles. The van der Waals surface area contributed by atoms with E-state index in [-0.39, 0.29) is 5.41 Å². The maximum Gasteiger partial charge on any atom is 0.335 e. The summed E-state index contributed by atoms with van der Waals surface area (Å²) in [6, 6.07) is 16.1. The second-order valence-electron chi connectivity index (χ2n) is 7.16. The van der Waals surface area contributed by atoms with Crippen LogP contribution in [0.15, 0.2) is 48.5 Å². The van der Waals surface area contributed by atoms with Crippen LogP contribution >= 0.6 is 18.9 Å². The van der Waals surface area contributed by atoms with Gasteiger partial charge in [0.05, 0.1) is 29.6 Å². The molecule has 1 saturated heterocycles. The summed E-state index contributed by atoms with van der Waals surface area (Å²) in [4.78, 5) is 4.67. The fraction of sp³-hybridized carbons (Fsp3) is 0.316. The third-order valence-corrected chi connectivity index (χ3v) is 7.06. The summed E-state index contributed by atoms with van der Waals surface area (Å²) in [6.07, 6.45) is 0.309. The van der Waals surface area contributed by atoms with E-state index >= 15 is 0 Å². The minimum Gasteiger partial charge on any atom is -0.308 e. The molecule has 2 aromatic carbocycles. The van der Waals surface area contributed by atoms with E-state index in [9.17, 15) is 4.57 Å². The molecule has 130 valence electrons. The molecule has 1 aromatic heterocycles. The zero-order chi connectivity index (χ0) is 17.5. The normalized spacial score (nSPS) is 19.1. The second kappa shape index (κ2) is 6.33. The van der Waals surface area contributed by atoms with Crippen molar-refractivity contribution < 1.29 is 13.6 Å². The lowest BCUT2D eigenvalue weighted by atomic mass is 9.97. The minimum absolute atomic E-state index is 0.0788. The van der Waals surface area contributed by atoms with Crippen LogP contribution < -0.4 is 0 Å². The number of nitrogens with zero attached hydrogens (tertiary/aromatic N) is 1. The van der Waals surface area contributed by atoms with Crippen molar-refractivity contribution in [2.45, 2.75) is 20.0 Å². The minimum atomic E-state index is -3.04. The van der Waals surface area contributed by atoms with E-state index in [2.05, 4.69) is 11.1 Å². The van der Waals surface area contributed by atoms with Crippen LogP contribution in [0.1, 0.15) is 19.4 Å². The number of aromatic nitrogens is 1. The lowest BCUT2D eigenvalue weighted by molar-refractivity contribution is 0.0409. The average molecular weight is 373 g/mol. The van der Waals surface area contributed by atoms with Gasteiger partial charge in [-0.3, -0.25) is 4.57 Å². The highest BCUT2D eigenvalue weighted by atomic mass is 32.1. The van der Waals surface area contributed by atoms with Gasteiger partial charge in [0.15, 0.2) is 0 Å². The van der Waals surface area contributed by atoms with Crippen LogP contribution in [0.25, 0.3) is 20.8 Å². The van der Waals surface area contributed by atoms with Crippen molar-refractivity contribution >= 4 is 29.1 Å². The Kier molecular flexibility index (Phi) is 4.28. The molecule has 25 heavy (non-hydrogen) atoms. The molecule has 0 bridgehead atoms. The Labute approximate surface area is 151 Å². The maximum atomic E-state index is 12.7. The summed E-state index contributed by atoms with van der Waals surface area (Å²) in [5, 5.41) is 0.992. The summed E-state index contributed by atoms with van der Waals surface area (Å²) in [5.41, 5.74) is 2.95. The van der Waals surface area contributed by atoms with Gasteiger partial charge in [0.2, 0.25) is 0 Å². The summed E-state index contributed by atoms with van der Waals surface area (Å²) >= 11 is 1.68. The number of fused-ring (bicyclic) bond motifs is 1. The van der Waals surface area contributed by atoms with Gasteiger partial charge in [-0.2, -0.15) is 0 Å². The number of thiazole rings is 1. The Morgan fingerprint density at radius 1 is 1.08 bits per heavy atom. The topological polar surface area (TPSA) is 48.4 Å². The Hall–Kier alpha value is -1.52. The molecule has 4 rings (SSSR count). The Morgan fingerprint density at radius 3 is 2.44 bits per heavy atom. The molecule has 0 unspecified atom stereocenters. The van der Waals surface area contributed by atoms with Gasteiger partial charge in [-0.15, -0.1) is 11.3 Å². The van der Waals surface area contributed by atoms with Gasteiger partial charge in [-0.1, -0.05) is 50.2 Å². The second-order valence-corrected chi connectivity index (χ2v) is 10.2. The molecule has 2 heterocycles. The monoisotopic (exact) mass is 373 g/mol. The predicted molar refractivity (Wildman–Crippen MR) is 102 cm³/mol. The summed E-state index contributed by atoms with van der Waals surface area (Å²) in [7, 11) is -3.04. The van der Waals surface area contributed by atoms with E-state index in [0.717, 1.165) is 21.7 Å². The average Bonchev–Trinajstić information content (AvgIpc) is 3.03. The van der Waals surface area contributed by atoms with E-state index in [0.29, 0.717) is 19.4 Å². The summed E-state index contributed by atoms with van der Waals surface area (Å²) in [6.45, 7) is 5.02. The van der Waals surface area contributed by atoms with Crippen LogP contribution in [0, 0.1) is 5.41 Å². The first-order valence-corrected chi connectivity index (χ1v) is 10.8. The number of rotatable bonds is 3. The van der Waals surface area contributed by atoms with Crippen molar-refractivity contribution in [1.82, 2.24) is 4.98 Å². The number of para-hydroxylation sites is 1. The van der Waals surface area contributed by atoms with Crippen molar-refractivity contribution in [3.63, 3.8) is 0 Å². The lowest BCUT2D eigenvalue weighted by Gasteiger charge is -2.34. The van der Waals surface area contributed by atoms with E-state index in [1.807, 2.05) is 56.3 Å². The van der Waals surface area contributed by atoms with Gasteiger partial charge in [-0.05, 0) is 17.7 Å². The third-order valence-electron chi connectivity index (χ3n) is 4.17. The van der Waals surface area contributed by atoms with Gasteiger partial charge in [0, 0.05) is 11.0 Å². The van der Waals surface area contributed by atoms with E-state index in [1.54, 1.807) is 11.3 Å². The van der Waals surface area contributed by atoms with Gasteiger partial charge < -0.3 is 9.05 Å². The first-order chi connectivity index (χ1) is 11.9. The van der Waals surface area contributed by atoms with Crippen LogP contribution in [0.3, 0.4) is 0 Å². The van der Waals surface area contributed by atoms with Crippen molar-refractivity contribution in [1.29, 1.82) is 0 Å². The third kappa shape index (κ3) is 3.70. The van der Waals surface area contributed by atoms with E-state index < -0.39 is 7.60 Å². The SMILES string of the molecule is CC1(C)COP(=O)(Cc2ccc(-c3nc4ccccc4s3)cc2)OC1. The molecule has 0 amide bonds. The first-order valence-electron chi connectivity index (χ1n) is 8.26. The van der Waals surface area contributed by atoms with E-state index in [4.69, 9.17) is 9.05 Å². The van der Waals surface area contributed by atoms with Crippen molar-refractivity contribution in [2.75, 3.05) is 13.2 Å². The molecule has 1 aliphatic heterocycles. The molecule has 6 heteroatoms. The van der Waals surface area contributed by atoms with Crippen LogP contribution in [0.4, 0.5) is 0 Å². The summed E-state index contributed by atoms with van der Waals surface area (Å²) < 4.78 is 25.0. The molecule has 4 nitrogen and oxygen atoms in total. The van der Waals surface area contributed by atoms with Gasteiger partial charge in [0.1, 0.15) is 5.01 Å². The standard InChI is InChI=1S/C19H20NO3PS/c1-19(2)12-22-24(21,23-13-19)11-14-7-9-15(10-8-14)18-20-16-5-3-4-6-17(16)25-18/h3-10H,11-13H2,1-2H3. The molecule has 0 aliphatic carbocycles. The molecule has 0 radical (unpaired) electrons.